The molecule has 2 aromatic rings. The minimum atomic E-state index is -0.506. The zero-order valence-corrected chi connectivity index (χ0v) is 13.5. The van der Waals surface area contributed by atoms with Crippen LogP contribution in [0.2, 0.25) is 0 Å². The first-order valence-electron chi connectivity index (χ1n) is 6.68. The van der Waals surface area contributed by atoms with Gasteiger partial charge in [0.15, 0.2) is 11.5 Å². The van der Waals surface area contributed by atoms with Crippen molar-refractivity contribution < 1.29 is 19.0 Å². The highest BCUT2D eigenvalue weighted by Crippen LogP contribution is 2.44. The maximum atomic E-state index is 11.7. The Bertz CT molecular complexity index is 745. The van der Waals surface area contributed by atoms with E-state index in [4.69, 9.17) is 19.9 Å². The Labute approximate surface area is 136 Å². The molecule has 5 nitrogen and oxygen atoms in total. The molecule has 0 bridgehead atoms. The van der Waals surface area contributed by atoms with Gasteiger partial charge in [0.2, 0.25) is 5.91 Å². The highest BCUT2D eigenvalue weighted by Gasteiger charge is 2.21. The van der Waals surface area contributed by atoms with E-state index < -0.39 is 5.91 Å². The van der Waals surface area contributed by atoms with Crippen LogP contribution in [0.5, 0.6) is 17.2 Å². The lowest BCUT2D eigenvalue weighted by Crippen LogP contribution is -2.16. The lowest BCUT2D eigenvalue weighted by Gasteiger charge is -2.21. The topological polar surface area (TPSA) is 70.8 Å². The minimum absolute atomic E-state index is 0.407. The van der Waals surface area contributed by atoms with Gasteiger partial charge in [-0.1, -0.05) is 22.0 Å². The number of nitrogens with two attached hydrogens (primary N) is 1. The molecule has 0 spiro atoms. The van der Waals surface area contributed by atoms with Gasteiger partial charge in [-0.3, -0.25) is 4.79 Å². The zero-order valence-electron chi connectivity index (χ0n) is 11.9. The van der Waals surface area contributed by atoms with Crippen molar-refractivity contribution >= 4 is 21.8 Å². The highest BCUT2D eigenvalue weighted by atomic mass is 79.9. The first-order chi connectivity index (χ1) is 10.6. The molecule has 0 saturated heterocycles. The third-order valence-electron chi connectivity index (χ3n) is 3.41. The number of halogens is 1. The van der Waals surface area contributed by atoms with Gasteiger partial charge in [-0.15, -0.1) is 0 Å². The summed E-state index contributed by atoms with van der Waals surface area (Å²) in [7, 11) is 1.57. The fourth-order valence-electron chi connectivity index (χ4n) is 2.44. The Hall–Kier alpha value is -2.21. The van der Waals surface area contributed by atoms with Gasteiger partial charge in [0.1, 0.15) is 19.0 Å². The zero-order chi connectivity index (χ0) is 15.7. The molecule has 1 aliphatic rings. The average molecular weight is 364 g/mol. The van der Waals surface area contributed by atoms with Crippen molar-refractivity contribution in [2.75, 3.05) is 20.3 Å². The molecular weight excluding hydrogens is 350 g/mol. The van der Waals surface area contributed by atoms with Crippen molar-refractivity contribution in [2.24, 2.45) is 5.73 Å². The van der Waals surface area contributed by atoms with E-state index in [0.29, 0.717) is 47.2 Å². The summed E-state index contributed by atoms with van der Waals surface area (Å²) < 4.78 is 17.4. The Kier molecular flexibility index (Phi) is 3.94. The van der Waals surface area contributed by atoms with E-state index in [2.05, 4.69) is 15.9 Å². The standard InChI is InChI=1S/C16H14BrNO4/c1-20-12-8-14-13(21-5-6-22-14)7-10(12)15-9(16(18)19)3-2-4-11(15)17/h2-4,7-8H,5-6H2,1H3,(H2,18,19). The Morgan fingerprint density at radius 2 is 1.91 bits per heavy atom. The number of hydrogen-bond donors (Lipinski definition) is 1. The van der Waals surface area contributed by atoms with E-state index in [1.165, 1.54) is 0 Å². The number of benzene rings is 2. The van der Waals surface area contributed by atoms with Crippen molar-refractivity contribution in [1.29, 1.82) is 0 Å². The van der Waals surface area contributed by atoms with E-state index in [1.54, 1.807) is 31.4 Å². The van der Waals surface area contributed by atoms with Crippen molar-refractivity contribution in [3.63, 3.8) is 0 Å². The summed E-state index contributed by atoms with van der Waals surface area (Å²) in [5, 5.41) is 0. The number of rotatable bonds is 3. The van der Waals surface area contributed by atoms with Gasteiger partial charge in [0.05, 0.1) is 7.11 Å². The molecule has 0 radical (unpaired) electrons. The summed E-state index contributed by atoms with van der Waals surface area (Å²) in [5.74, 6) is 1.32. The SMILES string of the molecule is COc1cc2c(cc1-c1c(Br)cccc1C(N)=O)OCCO2. The van der Waals surface area contributed by atoms with Crippen LogP contribution < -0.4 is 19.9 Å². The second-order valence-electron chi connectivity index (χ2n) is 4.72. The second kappa shape index (κ2) is 5.88. The first-order valence-corrected chi connectivity index (χ1v) is 7.47. The molecule has 0 aromatic heterocycles. The smallest absolute Gasteiger partial charge is 0.249 e. The molecule has 0 saturated carbocycles. The molecule has 114 valence electrons. The molecule has 22 heavy (non-hydrogen) atoms. The molecule has 1 aliphatic heterocycles. The average Bonchev–Trinajstić information content (AvgIpc) is 2.53. The van der Waals surface area contributed by atoms with E-state index >= 15 is 0 Å². The van der Waals surface area contributed by atoms with E-state index in [0.717, 1.165) is 4.47 Å². The first kappa shape index (κ1) is 14.7. The normalized spacial score (nSPS) is 12.8. The second-order valence-corrected chi connectivity index (χ2v) is 5.58. The Morgan fingerprint density at radius 1 is 1.23 bits per heavy atom. The third kappa shape index (κ3) is 2.50. The van der Waals surface area contributed by atoms with Gasteiger partial charge >= 0.3 is 0 Å². The van der Waals surface area contributed by atoms with Crippen LogP contribution in [-0.2, 0) is 0 Å². The van der Waals surface area contributed by atoms with Crippen molar-refractivity contribution in [3.8, 4) is 28.4 Å². The summed E-state index contributed by atoms with van der Waals surface area (Å²) in [6, 6.07) is 8.85. The van der Waals surface area contributed by atoms with Crippen LogP contribution >= 0.6 is 15.9 Å². The van der Waals surface area contributed by atoms with Gasteiger partial charge in [0, 0.05) is 27.2 Å². The van der Waals surface area contributed by atoms with Gasteiger partial charge < -0.3 is 19.9 Å². The van der Waals surface area contributed by atoms with E-state index in [-0.39, 0.29) is 0 Å². The summed E-state index contributed by atoms with van der Waals surface area (Å²) >= 11 is 3.48. The molecule has 2 N–H and O–H groups in total. The van der Waals surface area contributed by atoms with Crippen molar-refractivity contribution in [1.82, 2.24) is 0 Å². The Balaban J connectivity index is 2.26. The van der Waals surface area contributed by atoms with Crippen LogP contribution in [0, 0.1) is 0 Å². The predicted octanol–water partition coefficient (Wildman–Crippen LogP) is 2.99. The quantitative estimate of drug-likeness (QED) is 0.909. The van der Waals surface area contributed by atoms with Crippen molar-refractivity contribution in [2.45, 2.75) is 0 Å². The third-order valence-corrected chi connectivity index (χ3v) is 4.07. The van der Waals surface area contributed by atoms with Crippen LogP contribution in [0.25, 0.3) is 11.1 Å². The van der Waals surface area contributed by atoms with Gasteiger partial charge in [-0.05, 0) is 18.2 Å². The summed E-state index contributed by atoms with van der Waals surface area (Å²) in [5.41, 5.74) is 7.29. The molecule has 1 amide bonds. The number of carbonyl (C=O) groups is 1. The number of fused-ring (bicyclic) bond motifs is 1. The van der Waals surface area contributed by atoms with Crippen molar-refractivity contribution in [3.05, 3.63) is 40.4 Å². The lowest BCUT2D eigenvalue weighted by atomic mass is 9.97. The van der Waals surface area contributed by atoms with Crippen LogP contribution in [0.3, 0.4) is 0 Å². The van der Waals surface area contributed by atoms with Crippen LogP contribution in [0.4, 0.5) is 0 Å². The molecular formula is C16H14BrNO4. The number of carbonyl (C=O) groups excluding carboxylic acids is 1. The van der Waals surface area contributed by atoms with Crippen LogP contribution in [0.15, 0.2) is 34.8 Å². The fourth-order valence-corrected chi connectivity index (χ4v) is 3.02. The number of hydrogen-bond acceptors (Lipinski definition) is 4. The number of primary amides is 1. The summed E-state index contributed by atoms with van der Waals surface area (Å²) in [6.07, 6.45) is 0. The highest BCUT2D eigenvalue weighted by molar-refractivity contribution is 9.10. The van der Waals surface area contributed by atoms with Gasteiger partial charge in [-0.25, -0.2) is 0 Å². The minimum Gasteiger partial charge on any atom is -0.496 e. The predicted molar refractivity (Wildman–Crippen MR) is 85.6 cm³/mol. The van der Waals surface area contributed by atoms with E-state index in [9.17, 15) is 4.79 Å². The molecule has 0 unspecified atom stereocenters. The molecule has 2 aromatic carbocycles. The van der Waals surface area contributed by atoms with Gasteiger partial charge in [0.25, 0.3) is 0 Å². The number of ether oxygens (including phenoxy) is 3. The number of amides is 1. The Morgan fingerprint density at radius 3 is 2.55 bits per heavy atom. The van der Waals surface area contributed by atoms with Crippen LogP contribution in [-0.4, -0.2) is 26.2 Å². The number of methoxy groups -OCH3 is 1. The maximum absolute atomic E-state index is 11.7. The molecule has 1 heterocycles. The van der Waals surface area contributed by atoms with Gasteiger partial charge in [-0.2, -0.15) is 0 Å². The monoisotopic (exact) mass is 363 g/mol. The lowest BCUT2D eigenvalue weighted by molar-refractivity contribution is 0.100. The fraction of sp³-hybridized carbons (Fsp3) is 0.188. The molecule has 0 atom stereocenters. The molecule has 6 heteroatoms. The maximum Gasteiger partial charge on any atom is 0.249 e. The largest absolute Gasteiger partial charge is 0.496 e. The molecule has 3 rings (SSSR count). The molecule has 0 fully saturated rings. The molecule has 0 aliphatic carbocycles. The summed E-state index contributed by atoms with van der Waals surface area (Å²) in [4.78, 5) is 11.7. The van der Waals surface area contributed by atoms with E-state index in [1.807, 2.05) is 6.07 Å². The summed E-state index contributed by atoms with van der Waals surface area (Å²) in [6.45, 7) is 0.981. The van der Waals surface area contributed by atoms with Crippen LogP contribution in [0.1, 0.15) is 10.4 Å².